The molecule has 2 amide bonds. The number of amides is 2. The number of hydrogen-bond acceptors (Lipinski definition) is 5. The number of ether oxygens (including phenoxy) is 1. The highest BCUT2D eigenvalue weighted by Gasteiger charge is 2.14. The van der Waals surface area contributed by atoms with Gasteiger partial charge in [0.15, 0.2) is 0 Å². The molecule has 2 rings (SSSR count). The molecule has 0 radical (unpaired) electrons. The largest absolute Gasteiger partial charge is 0.497 e. The van der Waals surface area contributed by atoms with Crippen molar-refractivity contribution in [2.45, 2.75) is 26.3 Å². The van der Waals surface area contributed by atoms with E-state index in [9.17, 15) is 9.59 Å². The quantitative estimate of drug-likeness (QED) is 0.344. The molecular formula is C20H23BrN4O3. The number of carbonyl (C=O) groups is 2. The fourth-order valence-electron chi connectivity index (χ4n) is 2.19. The third kappa shape index (κ3) is 6.38. The van der Waals surface area contributed by atoms with Crippen molar-refractivity contribution in [2.24, 2.45) is 5.10 Å². The minimum atomic E-state index is -0.809. The Bertz CT molecular complexity index is 853. The molecule has 2 aromatic rings. The number of hydrazone groups is 1. The van der Waals surface area contributed by atoms with E-state index < -0.39 is 11.8 Å². The maximum Gasteiger partial charge on any atom is 0.329 e. The van der Waals surface area contributed by atoms with Crippen molar-refractivity contribution < 1.29 is 14.3 Å². The molecule has 28 heavy (non-hydrogen) atoms. The molecule has 0 fully saturated rings. The Labute approximate surface area is 172 Å². The fraction of sp³-hybridized carbons (Fsp3) is 0.250. The Morgan fingerprint density at radius 2 is 1.89 bits per heavy atom. The maximum atomic E-state index is 11.8. The second kappa shape index (κ2) is 10.5. The van der Waals surface area contributed by atoms with Gasteiger partial charge in [-0.1, -0.05) is 22.9 Å². The molecule has 0 heterocycles. The molecule has 148 valence electrons. The van der Waals surface area contributed by atoms with Crippen molar-refractivity contribution in [1.82, 2.24) is 10.7 Å². The molecule has 0 aliphatic carbocycles. The Morgan fingerprint density at radius 3 is 2.54 bits per heavy atom. The Morgan fingerprint density at radius 1 is 1.18 bits per heavy atom. The predicted octanol–water partition coefficient (Wildman–Crippen LogP) is 3.57. The molecule has 0 aromatic heterocycles. The predicted molar refractivity (Wildman–Crippen MR) is 114 cm³/mol. The highest BCUT2D eigenvalue weighted by Crippen LogP contribution is 2.24. The lowest BCUT2D eigenvalue weighted by molar-refractivity contribution is -0.139. The van der Waals surface area contributed by atoms with Crippen LogP contribution in [0.25, 0.3) is 0 Å². The van der Waals surface area contributed by atoms with Crippen LogP contribution in [-0.2, 0) is 9.59 Å². The number of benzene rings is 2. The van der Waals surface area contributed by atoms with Crippen molar-refractivity contribution in [3.05, 3.63) is 52.5 Å². The molecule has 7 nitrogen and oxygen atoms in total. The van der Waals surface area contributed by atoms with E-state index in [1.165, 1.54) is 6.21 Å². The van der Waals surface area contributed by atoms with Gasteiger partial charge < -0.3 is 15.4 Å². The second-order valence-corrected chi connectivity index (χ2v) is 6.98. The van der Waals surface area contributed by atoms with Gasteiger partial charge in [-0.05, 0) is 55.8 Å². The highest BCUT2D eigenvalue weighted by atomic mass is 79.9. The Kier molecular flexibility index (Phi) is 8.01. The first kappa shape index (κ1) is 21.4. The minimum absolute atomic E-state index is 0.0763. The van der Waals surface area contributed by atoms with Gasteiger partial charge >= 0.3 is 11.8 Å². The number of methoxy groups -OCH3 is 1. The zero-order valence-electron chi connectivity index (χ0n) is 16.0. The van der Waals surface area contributed by atoms with Crippen LogP contribution in [0.4, 0.5) is 11.4 Å². The van der Waals surface area contributed by atoms with Crippen LogP contribution in [0, 0.1) is 0 Å². The molecule has 8 heteroatoms. The van der Waals surface area contributed by atoms with Crippen LogP contribution < -0.4 is 20.8 Å². The van der Waals surface area contributed by atoms with E-state index in [0.29, 0.717) is 0 Å². The first-order valence-electron chi connectivity index (χ1n) is 8.77. The summed E-state index contributed by atoms with van der Waals surface area (Å²) in [6.45, 7) is 3.75. The van der Waals surface area contributed by atoms with E-state index >= 15 is 0 Å². The smallest absolute Gasteiger partial charge is 0.329 e. The number of halogens is 1. The van der Waals surface area contributed by atoms with Gasteiger partial charge in [-0.2, -0.15) is 5.10 Å². The van der Waals surface area contributed by atoms with Gasteiger partial charge in [0.2, 0.25) is 0 Å². The van der Waals surface area contributed by atoms with Gasteiger partial charge in [0.1, 0.15) is 5.75 Å². The lowest BCUT2D eigenvalue weighted by Crippen LogP contribution is -2.41. The fourth-order valence-corrected chi connectivity index (χ4v) is 2.57. The molecule has 1 atom stereocenters. The average molecular weight is 447 g/mol. The second-order valence-electron chi connectivity index (χ2n) is 6.07. The standard InChI is InChI=1S/C20H23BrN4O3/c1-4-13(2)23-19(26)20(27)25-22-12-14-11-15(21)5-10-18(14)24-16-6-8-17(28-3)9-7-16/h5-13,24H,4H2,1-3H3,(H,23,26)(H,25,27)/b22-12-/t13-/m1/s1. The van der Waals surface area contributed by atoms with E-state index in [2.05, 4.69) is 37.1 Å². The van der Waals surface area contributed by atoms with E-state index in [1.54, 1.807) is 7.11 Å². The number of hydrogen-bond donors (Lipinski definition) is 3. The lowest BCUT2D eigenvalue weighted by Gasteiger charge is -2.11. The van der Waals surface area contributed by atoms with E-state index in [0.717, 1.165) is 33.6 Å². The van der Waals surface area contributed by atoms with Gasteiger partial charge in [-0.15, -0.1) is 0 Å². The van der Waals surface area contributed by atoms with Gasteiger partial charge in [0, 0.05) is 27.5 Å². The summed E-state index contributed by atoms with van der Waals surface area (Å²) in [6.07, 6.45) is 2.21. The summed E-state index contributed by atoms with van der Waals surface area (Å²) in [5.74, 6) is -0.755. The monoisotopic (exact) mass is 446 g/mol. The van der Waals surface area contributed by atoms with Crippen molar-refractivity contribution in [1.29, 1.82) is 0 Å². The molecule has 0 spiro atoms. The number of nitrogens with zero attached hydrogens (tertiary/aromatic N) is 1. The molecule has 3 N–H and O–H groups in total. The first-order valence-corrected chi connectivity index (χ1v) is 9.56. The van der Waals surface area contributed by atoms with Crippen LogP contribution in [0.2, 0.25) is 0 Å². The van der Waals surface area contributed by atoms with Crippen molar-refractivity contribution in [3.63, 3.8) is 0 Å². The molecule has 0 aliphatic rings. The SMILES string of the molecule is CC[C@@H](C)NC(=O)C(=O)N/N=C\c1cc(Br)ccc1Nc1ccc(OC)cc1. The summed E-state index contributed by atoms with van der Waals surface area (Å²) in [7, 11) is 1.61. The molecule has 0 saturated carbocycles. The van der Waals surface area contributed by atoms with Crippen LogP contribution in [0.5, 0.6) is 5.75 Å². The van der Waals surface area contributed by atoms with Crippen LogP contribution >= 0.6 is 15.9 Å². The maximum absolute atomic E-state index is 11.8. The third-order valence-electron chi connectivity index (χ3n) is 3.95. The topological polar surface area (TPSA) is 91.8 Å². The molecular weight excluding hydrogens is 424 g/mol. The first-order chi connectivity index (χ1) is 13.4. The van der Waals surface area contributed by atoms with Crippen molar-refractivity contribution >= 4 is 45.3 Å². The average Bonchev–Trinajstić information content (AvgIpc) is 2.70. The van der Waals surface area contributed by atoms with E-state index in [1.807, 2.05) is 56.3 Å². The summed E-state index contributed by atoms with van der Waals surface area (Å²) in [4.78, 5) is 23.6. The summed E-state index contributed by atoms with van der Waals surface area (Å²) < 4.78 is 6.01. The van der Waals surface area contributed by atoms with Crippen LogP contribution in [0.15, 0.2) is 52.0 Å². The van der Waals surface area contributed by atoms with Crippen LogP contribution in [0.1, 0.15) is 25.8 Å². The summed E-state index contributed by atoms with van der Waals surface area (Å²) in [6, 6.07) is 13.0. The molecule has 0 aliphatic heterocycles. The van der Waals surface area contributed by atoms with Gasteiger partial charge in [-0.25, -0.2) is 5.43 Å². The van der Waals surface area contributed by atoms with Gasteiger partial charge in [-0.3, -0.25) is 9.59 Å². The summed E-state index contributed by atoms with van der Waals surface area (Å²) in [5, 5.41) is 9.77. The van der Waals surface area contributed by atoms with Crippen molar-refractivity contribution in [3.8, 4) is 5.75 Å². The van der Waals surface area contributed by atoms with Crippen LogP contribution in [-0.4, -0.2) is 31.2 Å². The van der Waals surface area contributed by atoms with Crippen molar-refractivity contribution in [2.75, 3.05) is 12.4 Å². The Hall–Kier alpha value is -2.87. The van der Waals surface area contributed by atoms with Crippen LogP contribution in [0.3, 0.4) is 0 Å². The molecule has 0 unspecified atom stereocenters. The minimum Gasteiger partial charge on any atom is -0.497 e. The summed E-state index contributed by atoms with van der Waals surface area (Å²) >= 11 is 3.42. The third-order valence-corrected chi connectivity index (χ3v) is 4.44. The zero-order valence-corrected chi connectivity index (χ0v) is 17.5. The highest BCUT2D eigenvalue weighted by molar-refractivity contribution is 9.10. The summed E-state index contributed by atoms with van der Waals surface area (Å²) in [5.41, 5.74) is 4.63. The molecule has 2 aromatic carbocycles. The number of anilines is 2. The molecule has 0 bridgehead atoms. The normalized spacial score (nSPS) is 11.7. The van der Waals surface area contributed by atoms with E-state index in [-0.39, 0.29) is 6.04 Å². The number of nitrogens with one attached hydrogen (secondary N) is 3. The van der Waals surface area contributed by atoms with E-state index in [4.69, 9.17) is 4.74 Å². The lowest BCUT2D eigenvalue weighted by atomic mass is 10.2. The number of carbonyl (C=O) groups excluding carboxylic acids is 2. The van der Waals surface area contributed by atoms with Gasteiger partial charge in [0.25, 0.3) is 0 Å². The molecule has 0 saturated heterocycles. The number of rotatable bonds is 7. The van der Waals surface area contributed by atoms with Gasteiger partial charge in [0.05, 0.1) is 13.3 Å². The Balaban J connectivity index is 2.07. The zero-order chi connectivity index (χ0) is 20.5.